The molecule has 0 atom stereocenters. The third-order valence-corrected chi connectivity index (χ3v) is 5.10. The summed E-state index contributed by atoms with van der Waals surface area (Å²) in [5.74, 6) is -0.337. The molecule has 3 aromatic rings. The second-order valence-corrected chi connectivity index (χ2v) is 7.63. The molecule has 0 fully saturated rings. The Morgan fingerprint density at radius 3 is 2.30 bits per heavy atom. The van der Waals surface area contributed by atoms with E-state index < -0.39 is 0 Å². The first-order chi connectivity index (χ1) is 13.0. The van der Waals surface area contributed by atoms with Gasteiger partial charge in [-0.3, -0.25) is 4.79 Å². The van der Waals surface area contributed by atoms with Crippen LogP contribution in [0.2, 0.25) is 5.02 Å². The van der Waals surface area contributed by atoms with Gasteiger partial charge in [-0.05, 0) is 60.0 Å². The van der Waals surface area contributed by atoms with Crippen molar-refractivity contribution in [1.29, 1.82) is 0 Å². The summed E-state index contributed by atoms with van der Waals surface area (Å²) < 4.78 is 1.02. The van der Waals surface area contributed by atoms with Crippen LogP contribution in [-0.2, 0) is 17.6 Å². The summed E-state index contributed by atoms with van der Waals surface area (Å²) in [4.78, 5) is 13.7. The highest BCUT2D eigenvalue weighted by molar-refractivity contribution is 9.10. The van der Waals surface area contributed by atoms with Crippen LogP contribution in [0, 0.1) is 0 Å². The first kappa shape index (κ1) is 19.5. The minimum absolute atomic E-state index is 0.212. The number of nitrogens with two attached hydrogens (primary N) is 1. The maximum Gasteiger partial charge on any atom is 0.221 e. The highest BCUT2D eigenvalue weighted by Crippen LogP contribution is 2.30. The summed E-state index contributed by atoms with van der Waals surface area (Å²) in [5.41, 5.74) is 9.63. The standard InChI is InChI=1S/C22H20BrClN2O/c23-18-7-11-20(12-8-18)26(14-13-16-5-9-19(24)10-6-16)21-4-2-1-3-17(21)15-22(25)27/h1-12H,13-15H2,(H2,25,27). The van der Waals surface area contributed by atoms with Gasteiger partial charge in [-0.2, -0.15) is 0 Å². The Balaban J connectivity index is 1.94. The number of benzene rings is 3. The van der Waals surface area contributed by atoms with Gasteiger partial charge in [-0.1, -0.05) is 57.9 Å². The molecule has 3 aromatic carbocycles. The van der Waals surface area contributed by atoms with Crippen LogP contribution in [0.5, 0.6) is 0 Å². The molecule has 0 saturated heterocycles. The van der Waals surface area contributed by atoms with Gasteiger partial charge in [-0.15, -0.1) is 0 Å². The predicted octanol–water partition coefficient (Wildman–Crippen LogP) is 5.51. The lowest BCUT2D eigenvalue weighted by Crippen LogP contribution is -2.23. The number of amides is 1. The molecule has 0 saturated carbocycles. The Labute approximate surface area is 172 Å². The van der Waals surface area contributed by atoms with Crippen LogP contribution in [0.15, 0.2) is 77.3 Å². The van der Waals surface area contributed by atoms with Gasteiger partial charge in [0.25, 0.3) is 0 Å². The van der Waals surface area contributed by atoms with Crippen LogP contribution in [0.4, 0.5) is 11.4 Å². The molecule has 138 valence electrons. The van der Waals surface area contributed by atoms with Crippen LogP contribution in [0.3, 0.4) is 0 Å². The molecule has 0 bridgehead atoms. The number of primary amides is 1. The minimum Gasteiger partial charge on any atom is -0.369 e. The van der Waals surface area contributed by atoms with Crippen molar-refractivity contribution >= 4 is 44.8 Å². The minimum atomic E-state index is -0.337. The number of hydrogen-bond acceptors (Lipinski definition) is 2. The molecule has 3 rings (SSSR count). The number of para-hydroxylation sites is 1. The summed E-state index contributed by atoms with van der Waals surface area (Å²) in [6, 6.07) is 23.9. The topological polar surface area (TPSA) is 46.3 Å². The molecule has 2 N–H and O–H groups in total. The Bertz CT molecular complexity index is 910. The van der Waals surface area contributed by atoms with Crippen LogP contribution < -0.4 is 10.6 Å². The molecule has 5 heteroatoms. The van der Waals surface area contributed by atoms with E-state index in [0.717, 1.165) is 39.4 Å². The zero-order valence-corrected chi connectivity index (χ0v) is 17.1. The Morgan fingerprint density at radius 1 is 0.963 bits per heavy atom. The van der Waals surface area contributed by atoms with Crippen molar-refractivity contribution < 1.29 is 4.79 Å². The summed E-state index contributed by atoms with van der Waals surface area (Å²) >= 11 is 9.48. The largest absolute Gasteiger partial charge is 0.369 e. The summed E-state index contributed by atoms with van der Waals surface area (Å²) in [5, 5.41) is 0.732. The van der Waals surface area contributed by atoms with Gasteiger partial charge < -0.3 is 10.6 Å². The van der Waals surface area contributed by atoms with Gasteiger partial charge in [0.15, 0.2) is 0 Å². The number of halogens is 2. The molecule has 0 aliphatic rings. The molecule has 0 unspecified atom stereocenters. The Kier molecular flexibility index (Phi) is 6.54. The van der Waals surface area contributed by atoms with Gasteiger partial charge in [-0.25, -0.2) is 0 Å². The van der Waals surface area contributed by atoms with E-state index in [1.54, 1.807) is 0 Å². The molecule has 0 spiro atoms. The highest BCUT2D eigenvalue weighted by Gasteiger charge is 2.14. The molecule has 27 heavy (non-hydrogen) atoms. The number of nitrogens with zero attached hydrogens (tertiary/aromatic N) is 1. The van der Waals surface area contributed by atoms with Crippen LogP contribution in [-0.4, -0.2) is 12.5 Å². The molecule has 0 aliphatic heterocycles. The quantitative estimate of drug-likeness (QED) is 0.523. The molecule has 0 aromatic heterocycles. The molecule has 0 radical (unpaired) electrons. The highest BCUT2D eigenvalue weighted by atomic mass is 79.9. The number of rotatable bonds is 7. The maximum absolute atomic E-state index is 11.5. The van der Waals surface area contributed by atoms with E-state index in [2.05, 4.69) is 33.0 Å². The first-order valence-electron chi connectivity index (χ1n) is 8.66. The zero-order valence-electron chi connectivity index (χ0n) is 14.7. The van der Waals surface area contributed by atoms with Crippen LogP contribution >= 0.6 is 27.5 Å². The lowest BCUT2D eigenvalue weighted by atomic mass is 10.1. The summed E-state index contributed by atoms with van der Waals surface area (Å²) in [6.45, 7) is 0.763. The third kappa shape index (κ3) is 5.34. The van der Waals surface area contributed by atoms with Crippen molar-refractivity contribution in [2.24, 2.45) is 5.73 Å². The molecule has 3 nitrogen and oxygen atoms in total. The van der Waals surface area contributed by atoms with E-state index in [9.17, 15) is 4.79 Å². The van der Waals surface area contributed by atoms with E-state index in [4.69, 9.17) is 17.3 Å². The SMILES string of the molecule is NC(=O)Cc1ccccc1N(CCc1ccc(Cl)cc1)c1ccc(Br)cc1. The fourth-order valence-corrected chi connectivity index (χ4v) is 3.40. The summed E-state index contributed by atoms with van der Waals surface area (Å²) in [6.07, 6.45) is 1.06. The molecular weight excluding hydrogens is 424 g/mol. The fourth-order valence-electron chi connectivity index (χ4n) is 3.01. The van der Waals surface area contributed by atoms with Crippen molar-refractivity contribution in [2.75, 3.05) is 11.4 Å². The van der Waals surface area contributed by atoms with Crippen molar-refractivity contribution in [3.05, 3.63) is 93.4 Å². The van der Waals surface area contributed by atoms with Crippen molar-refractivity contribution in [3.63, 3.8) is 0 Å². The average molecular weight is 444 g/mol. The Hall–Kier alpha value is -2.30. The van der Waals surface area contributed by atoms with Crippen molar-refractivity contribution in [2.45, 2.75) is 12.8 Å². The number of carbonyl (C=O) groups is 1. The number of carbonyl (C=O) groups excluding carboxylic acids is 1. The van der Waals surface area contributed by atoms with E-state index in [0.29, 0.717) is 0 Å². The second-order valence-electron chi connectivity index (χ2n) is 6.28. The number of anilines is 2. The lowest BCUT2D eigenvalue weighted by Gasteiger charge is -2.27. The Morgan fingerprint density at radius 2 is 1.63 bits per heavy atom. The molecule has 0 heterocycles. The predicted molar refractivity (Wildman–Crippen MR) is 116 cm³/mol. The third-order valence-electron chi connectivity index (χ3n) is 4.32. The van der Waals surface area contributed by atoms with Crippen LogP contribution in [0.25, 0.3) is 0 Å². The fraction of sp³-hybridized carbons (Fsp3) is 0.136. The smallest absolute Gasteiger partial charge is 0.221 e. The van der Waals surface area contributed by atoms with Gasteiger partial charge in [0.1, 0.15) is 0 Å². The first-order valence-corrected chi connectivity index (χ1v) is 9.84. The van der Waals surface area contributed by atoms with Gasteiger partial charge in [0.2, 0.25) is 5.91 Å². The second kappa shape index (κ2) is 9.07. The van der Waals surface area contributed by atoms with E-state index in [1.165, 1.54) is 5.56 Å². The van der Waals surface area contributed by atoms with Crippen LogP contribution in [0.1, 0.15) is 11.1 Å². The van der Waals surface area contributed by atoms with E-state index in [-0.39, 0.29) is 12.3 Å². The van der Waals surface area contributed by atoms with Crippen molar-refractivity contribution in [1.82, 2.24) is 0 Å². The zero-order chi connectivity index (χ0) is 19.2. The summed E-state index contributed by atoms with van der Waals surface area (Å²) in [7, 11) is 0. The normalized spacial score (nSPS) is 10.6. The molecule has 0 aliphatic carbocycles. The molecular formula is C22H20BrClN2O. The van der Waals surface area contributed by atoms with E-state index >= 15 is 0 Å². The lowest BCUT2D eigenvalue weighted by molar-refractivity contribution is -0.117. The van der Waals surface area contributed by atoms with Gasteiger partial charge in [0.05, 0.1) is 6.42 Å². The monoisotopic (exact) mass is 442 g/mol. The van der Waals surface area contributed by atoms with Gasteiger partial charge in [0, 0.05) is 27.4 Å². The number of hydrogen-bond donors (Lipinski definition) is 1. The van der Waals surface area contributed by atoms with Gasteiger partial charge >= 0.3 is 0 Å². The maximum atomic E-state index is 11.5. The van der Waals surface area contributed by atoms with E-state index in [1.807, 2.05) is 60.7 Å². The average Bonchev–Trinajstić information content (AvgIpc) is 2.65. The molecule has 1 amide bonds. The van der Waals surface area contributed by atoms with Crippen molar-refractivity contribution in [3.8, 4) is 0 Å².